The van der Waals surface area contributed by atoms with Crippen molar-refractivity contribution in [2.45, 2.75) is 51.0 Å². The molecule has 2 heterocycles. The number of aromatic nitrogens is 1. The maximum atomic E-state index is 4.45. The van der Waals surface area contributed by atoms with Crippen LogP contribution in [0, 0.1) is 0 Å². The fourth-order valence-electron chi connectivity index (χ4n) is 9.30. The van der Waals surface area contributed by atoms with Gasteiger partial charge in [-0.15, -0.1) is 0 Å². The van der Waals surface area contributed by atoms with Crippen molar-refractivity contribution in [3.05, 3.63) is 186 Å². The number of para-hydroxylation sites is 2. The molecule has 7 aromatic rings. The molecular formula is C51H43N3. The molecule has 2 aliphatic carbocycles. The van der Waals surface area contributed by atoms with Crippen molar-refractivity contribution < 1.29 is 0 Å². The molecule has 3 aliphatic rings. The van der Waals surface area contributed by atoms with Gasteiger partial charge in [0.25, 0.3) is 0 Å². The van der Waals surface area contributed by atoms with Crippen LogP contribution in [0.1, 0.15) is 56.7 Å². The third kappa shape index (κ3) is 5.14. The Balaban J connectivity index is 1.06. The monoisotopic (exact) mass is 697 g/mol. The Labute approximate surface area is 317 Å². The Morgan fingerprint density at radius 1 is 0.630 bits per heavy atom. The summed E-state index contributed by atoms with van der Waals surface area (Å²) in [6.45, 7) is 7.17. The average molecular weight is 698 g/mol. The summed E-state index contributed by atoms with van der Waals surface area (Å²) < 4.78 is 2.38. The quantitative estimate of drug-likeness (QED) is 0.169. The molecule has 6 aromatic carbocycles. The van der Waals surface area contributed by atoms with Crippen LogP contribution in [-0.2, 0) is 5.41 Å². The topological polar surface area (TPSA) is 20.5 Å². The second-order valence-corrected chi connectivity index (χ2v) is 15.8. The van der Waals surface area contributed by atoms with Gasteiger partial charge in [0, 0.05) is 45.7 Å². The SMILES string of the molecule is CC1(C)C2=CC(C)(N(c3ccc(C4=CN=CCC4)cc3)c3ccc(-c4ccc5c(c4)c4ccccc4n5-c4ccccc4)cc3)CC=C2c2ccccc21. The summed E-state index contributed by atoms with van der Waals surface area (Å²) in [5.41, 5.74) is 16.2. The molecule has 0 saturated heterocycles. The zero-order valence-electron chi connectivity index (χ0n) is 31.1. The Bertz CT molecular complexity index is 2700. The van der Waals surface area contributed by atoms with Gasteiger partial charge in [-0.05, 0) is 125 Å². The van der Waals surface area contributed by atoms with Gasteiger partial charge in [-0.2, -0.15) is 0 Å². The van der Waals surface area contributed by atoms with Crippen LogP contribution in [0.25, 0.3) is 49.8 Å². The smallest absolute Gasteiger partial charge is 0.0646 e. The van der Waals surface area contributed by atoms with Crippen LogP contribution >= 0.6 is 0 Å². The molecule has 0 radical (unpaired) electrons. The molecule has 0 amide bonds. The zero-order chi connectivity index (χ0) is 36.4. The van der Waals surface area contributed by atoms with Gasteiger partial charge >= 0.3 is 0 Å². The first-order valence-corrected chi connectivity index (χ1v) is 19.2. The standard InChI is InChI=1S/C51H43N3/c1-50(2)46-17-9-7-15-42(46)43-29-30-51(3,33-47(43)50)54(41-26-21-36(22-27-41)38-12-11-31-52-34-38)40-24-19-35(20-25-40)37-23-28-49-45(32-37)44-16-8-10-18-48(44)53(49)39-13-5-4-6-14-39/h4-10,13-29,31-34H,11-12,30H2,1-3H3. The Kier molecular flexibility index (Phi) is 7.49. The number of aliphatic imine (C=N–C) groups is 1. The molecule has 1 aliphatic heterocycles. The molecular weight excluding hydrogens is 655 g/mol. The maximum Gasteiger partial charge on any atom is 0.0646 e. The van der Waals surface area contributed by atoms with E-state index in [1.54, 1.807) is 0 Å². The third-order valence-electron chi connectivity index (χ3n) is 12.1. The highest BCUT2D eigenvalue weighted by atomic mass is 15.2. The van der Waals surface area contributed by atoms with E-state index in [4.69, 9.17) is 0 Å². The van der Waals surface area contributed by atoms with E-state index in [2.05, 4.69) is 193 Å². The van der Waals surface area contributed by atoms with Gasteiger partial charge in [0.1, 0.15) is 0 Å². The van der Waals surface area contributed by atoms with Crippen molar-refractivity contribution in [1.29, 1.82) is 0 Å². The summed E-state index contributed by atoms with van der Waals surface area (Å²) >= 11 is 0. The fourth-order valence-corrected chi connectivity index (χ4v) is 9.30. The van der Waals surface area contributed by atoms with E-state index >= 15 is 0 Å². The van der Waals surface area contributed by atoms with Crippen LogP contribution in [0.2, 0.25) is 0 Å². The number of hydrogen-bond acceptors (Lipinski definition) is 2. The summed E-state index contributed by atoms with van der Waals surface area (Å²) in [6.07, 6.45) is 12.0. The van der Waals surface area contributed by atoms with Gasteiger partial charge in [-0.25, -0.2) is 0 Å². The molecule has 0 saturated carbocycles. The summed E-state index contributed by atoms with van der Waals surface area (Å²) in [7, 11) is 0. The average Bonchev–Trinajstić information content (AvgIpc) is 3.66. The van der Waals surface area contributed by atoms with E-state index in [-0.39, 0.29) is 11.0 Å². The van der Waals surface area contributed by atoms with Crippen LogP contribution in [-0.4, -0.2) is 16.3 Å². The lowest BCUT2D eigenvalue weighted by Gasteiger charge is -2.44. The van der Waals surface area contributed by atoms with E-state index in [0.29, 0.717) is 0 Å². The highest BCUT2D eigenvalue weighted by Crippen LogP contribution is 2.54. The maximum absolute atomic E-state index is 4.45. The van der Waals surface area contributed by atoms with E-state index in [1.165, 1.54) is 83.4 Å². The van der Waals surface area contributed by atoms with Crippen molar-refractivity contribution in [3.63, 3.8) is 0 Å². The van der Waals surface area contributed by atoms with Crippen LogP contribution < -0.4 is 4.90 Å². The predicted molar refractivity (Wildman–Crippen MR) is 229 cm³/mol. The Morgan fingerprint density at radius 2 is 1.30 bits per heavy atom. The number of hydrogen-bond donors (Lipinski definition) is 0. The second-order valence-electron chi connectivity index (χ2n) is 15.8. The number of anilines is 2. The molecule has 0 N–H and O–H groups in total. The fraction of sp³-hybridized carbons (Fsp3) is 0.157. The van der Waals surface area contributed by atoms with Gasteiger partial charge in [0.2, 0.25) is 0 Å². The number of allylic oxidation sites excluding steroid dienone is 3. The number of fused-ring (bicyclic) bond motifs is 6. The zero-order valence-corrected chi connectivity index (χ0v) is 31.1. The molecule has 262 valence electrons. The summed E-state index contributed by atoms with van der Waals surface area (Å²) in [4.78, 5) is 7.01. The van der Waals surface area contributed by atoms with E-state index in [1.807, 2.05) is 12.4 Å². The van der Waals surface area contributed by atoms with Gasteiger partial charge in [0.15, 0.2) is 0 Å². The summed E-state index contributed by atoms with van der Waals surface area (Å²) in [5.74, 6) is 0. The van der Waals surface area contributed by atoms with Crippen molar-refractivity contribution in [2.75, 3.05) is 4.90 Å². The van der Waals surface area contributed by atoms with Crippen LogP contribution in [0.5, 0.6) is 0 Å². The molecule has 0 fully saturated rings. The number of rotatable bonds is 6. The Hall–Kier alpha value is -6.19. The molecule has 3 nitrogen and oxygen atoms in total. The summed E-state index contributed by atoms with van der Waals surface area (Å²) in [5, 5.41) is 2.53. The van der Waals surface area contributed by atoms with E-state index < -0.39 is 0 Å². The first-order valence-electron chi connectivity index (χ1n) is 19.2. The lowest BCUT2D eigenvalue weighted by atomic mass is 9.76. The second kappa shape index (κ2) is 12.5. The first kappa shape index (κ1) is 32.5. The minimum atomic E-state index is -0.284. The van der Waals surface area contributed by atoms with Crippen molar-refractivity contribution in [1.82, 2.24) is 4.57 Å². The molecule has 1 unspecified atom stereocenters. The molecule has 1 aromatic heterocycles. The number of benzene rings is 6. The molecule has 54 heavy (non-hydrogen) atoms. The molecule has 1 atom stereocenters. The van der Waals surface area contributed by atoms with Gasteiger partial charge in [-0.3, -0.25) is 4.99 Å². The van der Waals surface area contributed by atoms with Gasteiger partial charge < -0.3 is 9.47 Å². The van der Waals surface area contributed by atoms with Crippen molar-refractivity contribution >= 4 is 50.5 Å². The van der Waals surface area contributed by atoms with Crippen molar-refractivity contribution in [2.24, 2.45) is 4.99 Å². The molecule has 3 heteroatoms. The third-order valence-corrected chi connectivity index (χ3v) is 12.1. The first-order chi connectivity index (χ1) is 26.4. The summed E-state index contributed by atoms with van der Waals surface area (Å²) in [6, 6.07) is 53.7. The minimum Gasteiger partial charge on any atom is -0.332 e. The molecule has 0 bridgehead atoms. The molecule has 0 spiro atoms. The predicted octanol–water partition coefficient (Wildman–Crippen LogP) is 13.3. The highest BCUT2D eigenvalue weighted by Gasteiger charge is 2.43. The number of nitrogens with zero attached hydrogens (tertiary/aromatic N) is 3. The van der Waals surface area contributed by atoms with Crippen molar-refractivity contribution in [3.8, 4) is 16.8 Å². The lowest BCUT2D eigenvalue weighted by molar-refractivity contribution is 0.550. The van der Waals surface area contributed by atoms with Crippen LogP contribution in [0.4, 0.5) is 11.4 Å². The molecule has 10 rings (SSSR count). The minimum absolute atomic E-state index is 0.0697. The Morgan fingerprint density at radius 3 is 2.06 bits per heavy atom. The highest BCUT2D eigenvalue weighted by molar-refractivity contribution is 6.10. The van der Waals surface area contributed by atoms with Gasteiger partial charge in [-0.1, -0.05) is 117 Å². The normalized spacial score (nSPS) is 18.5. The lowest BCUT2D eigenvalue weighted by Crippen LogP contribution is -2.43. The largest absolute Gasteiger partial charge is 0.332 e. The van der Waals surface area contributed by atoms with Crippen LogP contribution in [0.15, 0.2) is 175 Å². The van der Waals surface area contributed by atoms with Crippen LogP contribution in [0.3, 0.4) is 0 Å². The van der Waals surface area contributed by atoms with E-state index in [0.717, 1.165) is 19.3 Å². The van der Waals surface area contributed by atoms with Gasteiger partial charge in [0.05, 0.1) is 16.6 Å². The van der Waals surface area contributed by atoms with E-state index in [9.17, 15) is 0 Å².